The summed E-state index contributed by atoms with van der Waals surface area (Å²) >= 11 is 1.72. The van der Waals surface area contributed by atoms with E-state index in [-0.39, 0.29) is 11.9 Å². The Morgan fingerprint density at radius 3 is 3.05 bits per heavy atom. The molecule has 1 N–H and O–H groups in total. The van der Waals surface area contributed by atoms with E-state index in [2.05, 4.69) is 35.2 Å². The van der Waals surface area contributed by atoms with Gasteiger partial charge in [0.15, 0.2) is 0 Å². The van der Waals surface area contributed by atoms with Gasteiger partial charge < -0.3 is 10.2 Å². The van der Waals surface area contributed by atoms with Gasteiger partial charge in [0.2, 0.25) is 5.91 Å². The number of fused-ring (bicyclic) bond motifs is 1. The van der Waals surface area contributed by atoms with E-state index in [1.165, 1.54) is 4.88 Å². The molecule has 3 rings (SSSR count). The summed E-state index contributed by atoms with van der Waals surface area (Å²) in [4.78, 5) is 24.7. The summed E-state index contributed by atoms with van der Waals surface area (Å²) in [6.45, 7) is 5.84. The molecule has 2 aromatic rings. The number of nitrogens with zero attached hydrogens (tertiary/aromatic N) is 3. The maximum absolute atomic E-state index is 11.7. The smallest absolute Gasteiger partial charge is 0.222 e. The van der Waals surface area contributed by atoms with E-state index < -0.39 is 0 Å². The molecule has 5 nitrogen and oxygen atoms in total. The van der Waals surface area contributed by atoms with Crippen LogP contribution in [-0.4, -0.2) is 39.9 Å². The summed E-state index contributed by atoms with van der Waals surface area (Å²) in [7, 11) is 0. The lowest BCUT2D eigenvalue weighted by molar-refractivity contribution is -0.127. The third-order valence-electron chi connectivity index (χ3n) is 3.78. The van der Waals surface area contributed by atoms with E-state index in [4.69, 9.17) is 0 Å². The molecule has 1 fully saturated rings. The molecule has 1 unspecified atom stereocenters. The number of anilines is 1. The molecular weight excluding hydrogens is 284 g/mol. The van der Waals surface area contributed by atoms with Crippen LogP contribution in [0.25, 0.3) is 10.2 Å². The number of carbonyl (C=O) groups is 1. The van der Waals surface area contributed by atoms with Crippen LogP contribution >= 0.6 is 11.3 Å². The highest BCUT2D eigenvalue weighted by Gasteiger charge is 2.22. The maximum Gasteiger partial charge on any atom is 0.222 e. The second-order valence-corrected chi connectivity index (χ2v) is 6.61. The van der Waals surface area contributed by atoms with Gasteiger partial charge in [-0.05, 0) is 25.8 Å². The van der Waals surface area contributed by atoms with Crippen molar-refractivity contribution in [3.63, 3.8) is 0 Å². The van der Waals surface area contributed by atoms with Crippen molar-refractivity contribution in [1.82, 2.24) is 14.9 Å². The van der Waals surface area contributed by atoms with E-state index >= 15 is 0 Å². The number of aryl methyl sites for hydroxylation is 1. The molecule has 1 aliphatic rings. The Morgan fingerprint density at radius 1 is 1.48 bits per heavy atom. The van der Waals surface area contributed by atoms with E-state index in [1.807, 2.05) is 4.90 Å². The van der Waals surface area contributed by atoms with Crippen LogP contribution in [-0.2, 0) is 11.2 Å². The fourth-order valence-corrected chi connectivity index (χ4v) is 3.64. The SMILES string of the molecule is CCc1cc2c(NC(C)CN3CCCC3=O)ncnc2s1. The molecule has 1 atom stereocenters. The van der Waals surface area contributed by atoms with Crippen molar-refractivity contribution >= 4 is 33.3 Å². The largest absolute Gasteiger partial charge is 0.365 e. The first-order chi connectivity index (χ1) is 10.2. The first-order valence-electron chi connectivity index (χ1n) is 7.45. The first kappa shape index (κ1) is 14.3. The zero-order valence-electron chi connectivity index (χ0n) is 12.4. The van der Waals surface area contributed by atoms with Crippen LogP contribution in [0.1, 0.15) is 31.6 Å². The Bertz CT molecular complexity index is 654. The van der Waals surface area contributed by atoms with Gasteiger partial charge in [-0.3, -0.25) is 4.79 Å². The first-order valence-corrected chi connectivity index (χ1v) is 8.26. The number of carbonyl (C=O) groups excluding carboxylic acids is 1. The third kappa shape index (κ3) is 3.00. The standard InChI is InChI=1S/C15H20N4OS/c1-3-11-7-12-14(16-9-17-15(12)21-11)18-10(2)8-19-6-4-5-13(19)20/h7,9-10H,3-6,8H2,1-2H3,(H,16,17,18). The molecule has 0 bridgehead atoms. The van der Waals surface area contributed by atoms with Gasteiger partial charge in [-0.2, -0.15) is 0 Å². The van der Waals surface area contributed by atoms with E-state index in [9.17, 15) is 4.79 Å². The molecule has 0 spiro atoms. The van der Waals surface area contributed by atoms with Crippen molar-refractivity contribution in [1.29, 1.82) is 0 Å². The van der Waals surface area contributed by atoms with Gasteiger partial charge in [0, 0.05) is 30.4 Å². The van der Waals surface area contributed by atoms with Crippen molar-refractivity contribution in [3.05, 3.63) is 17.3 Å². The van der Waals surface area contributed by atoms with Gasteiger partial charge in [0.05, 0.1) is 5.39 Å². The molecule has 0 aromatic carbocycles. The third-order valence-corrected chi connectivity index (χ3v) is 4.97. The minimum absolute atomic E-state index is 0.176. The topological polar surface area (TPSA) is 58.1 Å². The number of thiophene rings is 1. The van der Waals surface area contributed by atoms with Gasteiger partial charge in [0.25, 0.3) is 0 Å². The normalized spacial score (nSPS) is 16.7. The maximum atomic E-state index is 11.7. The summed E-state index contributed by atoms with van der Waals surface area (Å²) in [5, 5.41) is 4.51. The van der Waals surface area contributed by atoms with E-state index in [0.717, 1.165) is 42.0 Å². The van der Waals surface area contributed by atoms with Crippen LogP contribution < -0.4 is 5.32 Å². The zero-order chi connectivity index (χ0) is 14.8. The molecule has 1 saturated heterocycles. The molecule has 0 aliphatic carbocycles. The number of hydrogen-bond acceptors (Lipinski definition) is 5. The lowest BCUT2D eigenvalue weighted by Gasteiger charge is -2.22. The Kier molecular flexibility index (Phi) is 4.05. The molecule has 0 radical (unpaired) electrons. The van der Waals surface area contributed by atoms with Gasteiger partial charge >= 0.3 is 0 Å². The van der Waals surface area contributed by atoms with Crippen LogP contribution in [0.4, 0.5) is 5.82 Å². The summed E-state index contributed by atoms with van der Waals surface area (Å²) < 4.78 is 0. The molecule has 112 valence electrons. The summed E-state index contributed by atoms with van der Waals surface area (Å²) in [5.41, 5.74) is 0. The number of likely N-dealkylation sites (tertiary alicyclic amines) is 1. The van der Waals surface area contributed by atoms with Crippen LogP contribution in [0.3, 0.4) is 0 Å². The van der Waals surface area contributed by atoms with Gasteiger partial charge in [0.1, 0.15) is 17.0 Å². The molecular formula is C15H20N4OS. The molecule has 21 heavy (non-hydrogen) atoms. The molecule has 2 aromatic heterocycles. The van der Waals surface area contributed by atoms with Crippen molar-refractivity contribution in [2.24, 2.45) is 0 Å². The van der Waals surface area contributed by atoms with Crippen molar-refractivity contribution in [2.45, 2.75) is 39.2 Å². The minimum Gasteiger partial charge on any atom is -0.365 e. The highest BCUT2D eigenvalue weighted by Crippen LogP contribution is 2.28. The van der Waals surface area contributed by atoms with Gasteiger partial charge in [-0.1, -0.05) is 6.92 Å². The minimum atomic E-state index is 0.176. The van der Waals surface area contributed by atoms with E-state index in [1.54, 1.807) is 17.7 Å². The van der Waals surface area contributed by atoms with Crippen molar-refractivity contribution in [3.8, 4) is 0 Å². The molecule has 0 saturated carbocycles. The number of amides is 1. The predicted octanol–water partition coefficient (Wildman–Crippen LogP) is 2.68. The molecule has 1 amide bonds. The van der Waals surface area contributed by atoms with Crippen molar-refractivity contribution in [2.75, 3.05) is 18.4 Å². The number of hydrogen-bond donors (Lipinski definition) is 1. The Labute approximate surface area is 128 Å². The fourth-order valence-electron chi connectivity index (χ4n) is 2.70. The van der Waals surface area contributed by atoms with E-state index in [0.29, 0.717) is 6.42 Å². The lowest BCUT2D eigenvalue weighted by atomic mass is 10.2. The summed E-state index contributed by atoms with van der Waals surface area (Å²) in [6.07, 6.45) is 4.29. The summed E-state index contributed by atoms with van der Waals surface area (Å²) in [6, 6.07) is 2.34. The van der Waals surface area contributed by atoms with Gasteiger partial charge in [-0.25, -0.2) is 9.97 Å². The summed E-state index contributed by atoms with van der Waals surface area (Å²) in [5.74, 6) is 1.13. The second kappa shape index (κ2) is 5.97. The number of rotatable bonds is 5. The quantitative estimate of drug-likeness (QED) is 0.922. The highest BCUT2D eigenvalue weighted by atomic mass is 32.1. The second-order valence-electron chi connectivity index (χ2n) is 5.50. The van der Waals surface area contributed by atoms with Gasteiger partial charge in [-0.15, -0.1) is 11.3 Å². The molecule has 6 heteroatoms. The average molecular weight is 304 g/mol. The molecule has 1 aliphatic heterocycles. The Hall–Kier alpha value is -1.69. The highest BCUT2D eigenvalue weighted by molar-refractivity contribution is 7.18. The predicted molar refractivity (Wildman–Crippen MR) is 85.7 cm³/mol. The number of aromatic nitrogens is 2. The Morgan fingerprint density at radius 2 is 2.33 bits per heavy atom. The lowest BCUT2D eigenvalue weighted by Crippen LogP contribution is -2.35. The monoisotopic (exact) mass is 304 g/mol. The average Bonchev–Trinajstić information content (AvgIpc) is 3.06. The zero-order valence-corrected chi connectivity index (χ0v) is 13.2. The van der Waals surface area contributed by atoms with Crippen LogP contribution in [0, 0.1) is 0 Å². The number of nitrogens with one attached hydrogen (secondary N) is 1. The van der Waals surface area contributed by atoms with Crippen LogP contribution in [0.5, 0.6) is 0 Å². The Balaban J connectivity index is 1.74. The van der Waals surface area contributed by atoms with Crippen LogP contribution in [0.15, 0.2) is 12.4 Å². The molecule has 3 heterocycles. The fraction of sp³-hybridized carbons (Fsp3) is 0.533. The van der Waals surface area contributed by atoms with Crippen LogP contribution in [0.2, 0.25) is 0 Å². The van der Waals surface area contributed by atoms with Crippen molar-refractivity contribution < 1.29 is 4.79 Å².